The zero-order chi connectivity index (χ0) is 18.4. The van der Waals surface area contributed by atoms with Crippen LogP contribution in [0.3, 0.4) is 0 Å². The molecule has 0 N–H and O–H groups in total. The summed E-state index contributed by atoms with van der Waals surface area (Å²) in [7, 11) is 1.81. The molecule has 1 aromatic carbocycles. The predicted molar refractivity (Wildman–Crippen MR) is 92.1 cm³/mol. The molecule has 8 heteroatoms. The highest BCUT2D eigenvalue weighted by Gasteiger charge is 2.22. The molecule has 0 saturated carbocycles. The average Bonchev–Trinajstić information content (AvgIpc) is 2.53. The fraction of sp³-hybridized carbons (Fsp3) is 0.375. The van der Waals surface area contributed by atoms with Gasteiger partial charge in [-0.1, -0.05) is 12.1 Å². The summed E-state index contributed by atoms with van der Waals surface area (Å²) in [6, 6.07) is 4.75. The van der Waals surface area contributed by atoms with Crippen molar-refractivity contribution < 1.29 is 16.3 Å². The maximum Gasteiger partial charge on any atom is 0.352 e. The second kappa shape index (κ2) is 7.21. The Balaban J connectivity index is 0.00000243. The molecule has 0 unspecified atom stereocenters. The first-order valence-corrected chi connectivity index (χ1v) is 7.19. The number of nitrogens with zero attached hydrogens (tertiary/aromatic N) is 3. The van der Waals surface area contributed by atoms with Crippen LogP contribution in [0.1, 0.15) is 21.6 Å². The van der Waals surface area contributed by atoms with Gasteiger partial charge in [-0.25, -0.2) is 13.6 Å². The number of anilines is 1. The normalized spacial score (nSPS) is 18.2. The molecule has 24 heavy (non-hydrogen) atoms. The summed E-state index contributed by atoms with van der Waals surface area (Å²) < 4.78 is 49.7. The van der Waals surface area contributed by atoms with Gasteiger partial charge in [0, 0.05) is 31.3 Å². The molecule has 1 aliphatic heterocycles. The minimum atomic E-state index is -2.69. The Bertz CT molecular complexity index is 879. The molecule has 0 radical (unpaired) electrons. The smallest absolute Gasteiger partial charge is 0.352 e. The van der Waals surface area contributed by atoms with E-state index in [0.717, 1.165) is 18.6 Å². The van der Waals surface area contributed by atoms with Gasteiger partial charge in [-0.2, -0.15) is 18.5 Å². The van der Waals surface area contributed by atoms with Crippen molar-refractivity contribution in [2.75, 3.05) is 11.9 Å². The van der Waals surface area contributed by atoms with Gasteiger partial charge in [0.05, 0.1) is 2.74 Å². The summed E-state index contributed by atoms with van der Waals surface area (Å²) in [4.78, 5) is 17.7. The SMILES string of the molecule is S.[2H]C([2H])(Oc1cc2n(c(=O)n1)CC[C@H](C)N2C)c1cccc(F)c1F. The highest BCUT2D eigenvalue weighted by molar-refractivity contribution is 7.59. The van der Waals surface area contributed by atoms with E-state index in [0.29, 0.717) is 12.4 Å². The van der Waals surface area contributed by atoms with Gasteiger partial charge >= 0.3 is 5.69 Å². The largest absolute Gasteiger partial charge is 0.472 e. The second-order valence-electron chi connectivity index (χ2n) is 5.44. The van der Waals surface area contributed by atoms with E-state index in [4.69, 9.17) is 7.48 Å². The molecule has 1 atom stereocenters. The number of hydrogen-bond donors (Lipinski definition) is 0. The molecule has 3 rings (SSSR count). The molecule has 2 aromatic rings. The monoisotopic (exact) mass is 357 g/mol. The van der Waals surface area contributed by atoms with E-state index in [1.807, 2.05) is 11.8 Å². The zero-order valence-corrected chi connectivity index (χ0v) is 14.2. The number of hydrogen-bond acceptors (Lipinski definition) is 4. The van der Waals surface area contributed by atoms with Crippen LogP contribution in [0.5, 0.6) is 5.88 Å². The molecular weight excluding hydrogens is 336 g/mol. The van der Waals surface area contributed by atoms with Crippen LogP contribution in [0.4, 0.5) is 14.6 Å². The molecule has 0 aliphatic carbocycles. The number of rotatable bonds is 3. The average molecular weight is 357 g/mol. The van der Waals surface area contributed by atoms with Crippen molar-refractivity contribution in [3.8, 4) is 5.88 Å². The standard InChI is InChI=1S/C16H17F2N3O2.H2S/c1-10-6-7-21-14(20(10)2)8-13(19-16(21)22)23-9-11-4-3-5-12(17)15(11)18;/h3-5,8,10H,6-7,9H2,1-2H3;1H2/t10-;/m0./s1/i9D2;. The van der Waals surface area contributed by atoms with Crippen molar-refractivity contribution >= 4 is 19.3 Å². The highest BCUT2D eigenvalue weighted by atomic mass is 32.1. The van der Waals surface area contributed by atoms with Crippen LogP contribution < -0.4 is 15.3 Å². The summed E-state index contributed by atoms with van der Waals surface area (Å²) in [6.07, 6.45) is 0.778. The topological polar surface area (TPSA) is 47.4 Å². The Morgan fingerprint density at radius 3 is 2.96 bits per heavy atom. The summed E-state index contributed by atoms with van der Waals surface area (Å²) in [5.41, 5.74) is -1.18. The fourth-order valence-electron chi connectivity index (χ4n) is 2.45. The lowest BCUT2D eigenvalue weighted by Gasteiger charge is -2.34. The Morgan fingerprint density at radius 1 is 1.46 bits per heavy atom. The lowest BCUT2D eigenvalue weighted by atomic mass is 10.1. The predicted octanol–water partition coefficient (Wildman–Crippen LogP) is 2.44. The van der Waals surface area contributed by atoms with E-state index in [2.05, 4.69) is 4.98 Å². The maximum absolute atomic E-state index is 13.9. The Hall–Kier alpha value is -2.09. The molecule has 5 nitrogen and oxygen atoms in total. The minimum absolute atomic E-state index is 0. The van der Waals surface area contributed by atoms with E-state index in [-0.39, 0.29) is 25.4 Å². The number of aromatic nitrogens is 2. The van der Waals surface area contributed by atoms with E-state index in [1.165, 1.54) is 16.7 Å². The number of ether oxygens (including phenoxy) is 1. The quantitative estimate of drug-likeness (QED) is 0.847. The van der Waals surface area contributed by atoms with Gasteiger partial charge in [-0.05, 0) is 19.4 Å². The van der Waals surface area contributed by atoms with Gasteiger partial charge in [0.1, 0.15) is 12.4 Å². The van der Waals surface area contributed by atoms with E-state index in [9.17, 15) is 13.6 Å². The van der Waals surface area contributed by atoms with Gasteiger partial charge in [0.25, 0.3) is 0 Å². The van der Waals surface area contributed by atoms with Crippen molar-refractivity contribution in [3.63, 3.8) is 0 Å². The van der Waals surface area contributed by atoms with Crippen molar-refractivity contribution in [3.05, 3.63) is 51.9 Å². The first-order chi connectivity index (χ1) is 11.7. The third-order valence-electron chi connectivity index (χ3n) is 3.98. The molecule has 1 aliphatic rings. The van der Waals surface area contributed by atoms with Crippen LogP contribution in [0.2, 0.25) is 0 Å². The number of fused-ring (bicyclic) bond motifs is 1. The van der Waals surface area contributed by atoms with Crippen molar-refractivity contribution in [2.24, 2.45) is 0 Å². The molecule has 2 heterocycles. The molecule has 0 amide bonds. The van der Waals surface area contributed by atoms with Crippen LogP contribution in [0.15, 0.2) is 29.1 Å². The molecule has 0 saturated heterocycles. The molecule has 0 spiro atoms. The van der Waals surface area contributed by atoms with Gasteiger partial charge in [0.15, 0.2) is 11.6 Å². The molecule has 130 valence electrons. The maximum atomic E-state index is 13.9. The number of benzene rings is 1. The Morgan fingerprint density at radius 2 is 2.21 bits per heavy atom. The molecular formula is C16H19F2N3O2S. The highest BCUT2D eigenvalue weighted by Crippen LogP contribution is 2.24. The van der Waals surface area contributed by atoms with Crippen LogP contribution >= 0.6 is 13.5 Å². The summed E-state index contributed by atoms with van der Waals surface area (Å²) in [5, 5.41) is 0. The summed E-state index contributed by atoms with van der Waals surface area (Å²) >= 11 is 0. The minimum Gasteiger partial charge on any atom is -0.472 e. The van der Waals surface area contributed by atoms with Crippen LogP contribution in [-0.4, -0.2) is 22.6 Å². The fourth-order valence-corrected chi connectivity index (χ4v) is 2.45. The van der Waals surface area contributed by atoms with Gasteiger partial charge in [-0.3, -0.25) is 4.57 Å². The number of halogens is 2. The molecule has 0 bridgehead atoms. The molecule has 1 aromatic heterocycles. The second-order valence-corrected chi connectivity index (χ2v) is 5.44. The Labute approximate surface area is 148 Å². The van der Waals surface area contributed by atoms with Gasteiger partial charge in [-0.15, -0.1) is 0 Å². The summed E-state index contributed by atoms with van der Waals surface area (Å²) in [5.74, 6) is -2.28. The van der Waals surface area contributed by atoms with Crippen LogP contribution in [0, 0.1) is 11.6 Å². The van der Waals surface area contributed by atoms with E-state index < -0.39 is 29.4 Å². The zero-order valence-electron chi connectivity index (χ0n) is 15.2. The Kier molecular flexibility index (Phi) is 4.64. The van der Waals surface area contributed by atoms with E-state index >= 15 is 0 Å². The summed E-state index contributed by atoms with van der Waals surface area (Å²) in [6.45, 7) is -0.196. The van der Waals surface area contributed by atoms with Gasteiger partial charge in [0.2, 0.25) is 5.88 Å². The third-order valence-corrected chi connectivity index (χ3v) is 3.98. The lowest BCUT2D eigenvalue weighted by Crippen LogP contribution is -2.41. The van der Waals surface area contributed by atoms with Crippen LogP contribution in [-0.2, 0) is 13.1 Å². The van der Waals surface area contributed by atoms with Crippen molar-refractivity contribution in [1.29, 1.82) is 0 Å². The van der Waals surface area contributed by atoms with E-state index in [1.54, 1.807) is 7.05 Å². The van der Waals surface area contributed by atoms with Crippen molar-refractivity contribution in [2.45, 2.75) is 32.5 Å². The van der Waals surface area contributed by atoms with Gasteiger partial charge < -0.3 is 9.64 Å². The van der Waals surface area contributed by atoms with Crippen molar-refractivity contribution in [1.82, 2.24) is 9.55 Å². The van der Waals surface area contributed by atoms with Crippen LogP contribution in [0.25, 0.3) is 0 Å². The third kappa shape index (κ3) is 3.38. The first kappa shape index (κ1) is 15.4. The molecule has 0 fully saturated rings. The lowest BCUT2D eigenvalue weighted by molar-refractivity contribution is 0.282. The first-order valence-electron chi connectivity index (χ1n) is 8.19.